The topological polar surface area (TPSA) is 112 Å². The van der Waals surface area contributed by atoms with Crippen molar-refractivity contribution in [3.8, 4) is 0 Å². The lowest BCUT2D eigenvalue weighted by Crippen LogP contribution is -2.72. The first-order chi connectivity index (χ1) is 21.2. The van der Waals surface area contributed by atoms with Crippen LogP contribution >= 0.6 is 0 Å². The van der Waals surface area contributed by atoms with Crippen molar-refractivity contribution in [1.82, 2.24) is 0 Å². The summed E-state index contributed by atoms with van der Waals surface area (Å²) in [5.41, 5.74) is 0. The monoisotopic (exact) mass is 625 g/mol. The van der Waals surface area contributed by atoms with Crippen molar-refractivity contribution in [2.24, 2.45) is 0 Å². The van der Waals surface area contributed by atoms with Crippen molar-refractivity contribution in [2.45, 2.75) is 200 Å². The van der Waals surface area contributed by atoms with Gasteiger partial charge >= 0.3 is 17.9 Å². The number of hydrogen-bond donors (Lipinski definition) is 3. The van der Waals surface area contributed by atoms with Gasteiger partial charge < -0.3 is 15.3 Å². The Morgan fingerprint density at radius 2 is 0.750 bits per heavy atom. The molecule has 0 spiro atoms. The molecule has 0 aliphatic rings. The quantitative estimate of drug-likeness (QED) is 0.0390. The van der Waals surface area contributed by atoms with E-state index in [-0.39, 0.29) is 30.3 Å². The Kier molecular flexibility index (Phi) is 26.2. The van der Waals surface area contributed by atoms with Crippen molar-refractivity contribution in [1.29, 1.82) is 0 Å². The number of quaternary nitrogens is 1. The molecule has 0 aromatic rings. The number of unbranched alkanes of at least 4 members (excludes halogenated alkanes) is 16. The van der Waals surface area contributed by atoms with Crippen LogP contribution in [0.3, 0.4) is 0 Å². The van der Waals surface area contributed by atoms with Crippen LogP contribution in [0.2, 0.25) is 0 Å². The van der Waals surface area contributed by atoms with Crippen LogP contribution in [-0.2, 0) is 14.4 Å². The summed E-state index contributed by atoms with van der Waals surface area (Å²) in [5.74, 6) is -3.26. The summed E-state index contributed by atoms with van der Waals surface area (Å²) >= 11 is 0. The molecule has 0 aliphatic carbocycles. The van der Waals surface area contributed by atoms with E-state index < -0.39 is 36.0 Å². The number of carboxylic acids is 3. The second kappa shape index (κ2) is 27.4. The van der Waals surface area contributed by atoms with Gasteiger partial charge in [0, 0.05) is 19.3 Å². The molecule has 7 nitrogen and oxygen atoms in total. The van der Waals surface area contributed by atoms with Crippen LogP contribution in [0.1, 0.15) is 182 Å². The number of nitrogens with zero attached hydrogens (tertiary/aromatic N) is 1. The van der Waals surface area contributed by atoms with Gasteiger partial charge in [-0.2, -0.15) is 0 Å². The van der Waals surface area contributed by atoms with E-state index >= 15 is 0 Å². The largest absolute Gasteiger partial charge is 0.477 e. The van der Waals surface area contributed by atoms with Crippen LogP contribution in [0.15, 0.2) is 12.2 Å². The number of hydrogen-bond acceptors (Lipinski definition) is 3. The lowest BCUT2D eigenvalue weighted by molar-refractivity contribution is -0.973. The Bertz CT molecular complexity index is 707. The molecule has 0 radical (unpaired) electrons. The van der Waals surface area contributed by atoms with Crippen LogP contribution in [0, 0.1) is 0 Å². The molecule has 7 heteroatoms. The molecule has 258 valence electrons. The maximum Gasteiger partial charge on any atom is 0.362 e. The van der Waals surface area contributed by atoms with Crippen LogP contribution in [0.4, 0.5) is 0 Å². The molecule has 0 saturated carbocycles. The number of aliphatic carboxylic acids is 3. The highest BCUT2D eigenvalue weighted by molar-refractivity contribution is 5.78. The molecular weight excluding hydrogens is 554 g/mol. The third-order valence-electron chi connectivity index (χ3n) is 9.34. The molecule has 3 unspecified atom stereocenters. The van der Waals surface area contributed by atoms with Gasteiger partial charge in [0.15, 0.2) is 18.1 Å². The molecule has 0 amide bonds. The summed E-state index contributed by atoms with van der Waals surface area (Å²) in [6, 6.07) is -3.16. The van der Waals surface area contributed by atoms with Crippen molar-refractivity contribution in [3.05, 3.63) is 12.2 Å². The molecule has 3 N–H and O–H groups in total. The third kappa shape index (κ3) is 17.0. The van der Waals surface area contributed by atoms with Crippen LogP contribution < -0.4 is 0 Å². The molecule has 0 saturated heterocycles. The van der Waals surface area contributed by atoms with E-state index in [9.17, 15) is 29.7 Å². The Labute approximate surface area is 270 Å². The van der Waals surface area contributed by atoms with E-state index in [0.717, 1.165) is 32.1 Å². The van der Waals surface area contributed by atoms with Crippen molar-refractivity contribution in [2.75, 3.05) is 6.54 Å². The van der Waals surface area contributed by atoms with E-state index in [0.29, 0.717) is 25.7 Å². The van der Waals surface area contributed by atoms with Crippen LogP contribution in [-0.4, -0.2) is 62.4 Å². The molecule has 0 aromatic carbocycles. The zero-order valence-electron chi connectivity index (χ0n) is 29.1. The van der Waals surface area contributed by atoms with Gasteiger partial charge in [0.2, 0.25) is 0 Å². The van der Waals surface area contributed by atoms with E-state index in [1.807, 2.05) is 20.8 Å². The van der Waals surface area contributed by atoms with Crippen molar-refractivity contribution in [3.63, 3.8) is 0 Å². The Balaban J connectivity index is 4.79. The summed E-state index contributed by atoms with van der Waals surface area (Å²) in [7, 11) is 0. The molecule has 0 rings (SSSR count). The minimum atomic E-state index is -1.09. The number of allylic oxidation sites excluding steroid dienone is 2. The normalized spacial score (nSPS) is 15.2. The van der Waals surface area contributed by atoms with Crippen LogP contribution in [0.5, 0.6) is 0 Å². The first-order valence-electron chi connectivity index (χ1n) is 18.4. The van der Waals surface area contributed by atoms with Crippen molar-refractivity contribution < 1.29 is 34.2 Å². The molecule has 0 aliphatic heterocycles. The number of rotatable bonds is 32. The van der Waals surface area contributed by atoms with Gasteiger partial charge in [0.05, 0.1) is 6.54 Å². The highest BCUT2D eigenvalue weighted by Gasteiger charge is 2.56. The van der Waals surface area contributed by atoms with E-state index in [1.165, 1.54) is 77.0 Å². The predicted molar refractivity (Wildman–Crippen MR) is 182 cm³/mol. The van der Waals surface area contributed by atoms with E-state index in [1.54, 1.807) is 0 Å². The molecule has 44 heavy (non-hydrogen) atoms. The van der Waals surface area contributed by atoms with Gasteiger partial charge in [0.1, 0.15) is 0 Å². The Morgan fingerprint density at radius 1 is 0.455 bits per heavy atom. The SMILES string of the molecule is CCCCCCCCCCCCCC/C=C/CCCCCC[N+](C(CCC)C(=O)O)(C(CCC)C(=O)O)C(CCC)C(=O)O. The fourth-order valence-corrected chi connectivity index (χ4v) is 6.99. The van der Waals surface area contributed by atoms with E-state index in [4.69, 9.17) is 0 Å². The predicted octanol–water partition coefficient (Wildman–Crippen LogP) is 10.2. The molecule has 3 atom stereocenters. The Morgan fingerprint density at radius 3 is 1.05 bits per heavy atom. The standard InChI is InChI=1S/C37H69NO6/c1-5-9-10-11-12-13-14-15-16-17-18-19-20-21-22-23-24-25-26-27-31-38(32(28-6-2)35(39)40,33(29-7-3)36(41)42)34(30-8-4)37(43)44/h21-22,32-34H,5-20,23-31H2,1-4H3,(H2-,39,40,41,42,43,44)/p+1/b22-21+. The maximum atomic E-state index is 12.6. The summed E-state index contributed by atoms with van der Waals surface area (Å²) in [4.78, 5) is 37.8. The van der Waals surface area contributed by atoms with Gasteiger partial charge in [-0.25, -0.2) is 14.4 Å². The highest BCUT2D eigenvalue weighted by Crippen LogP contribution is 2.34. The summed E-state index contributed by atoms with van der Waals surface area (Å²) in [6.07, 6.45) is 29.0. The molecule has 0 fully saturated rings. The molecule has 0 aromatic heterocycles. The zero-order valence-corrected chi connectivity index (χ0v) is 29.1. The molecule has 0 bridgehead atoms. The van der Waals surface area contributed by atoms with E-state index in [2.05, 4.69) is 19.1 Å². The van der Waals surface area contributed by atoms with Gasteiger partial charge in [-0.05, 0) is 57.8 Å². The van der Waals surface area contributed by atoms with Crippen LogP contribution in [0.25, 0.3) is 0 Å². The fourth-order valence-electron chi connectivity index (χ4n) is 6.99. The van der Waals surface area contributed by atoms with Gasteiger partial charge in [-0.3, -0.25) is 4.48 Å². The lowest BCUT2D eigenvalue weighted by atomic mass is 9.91. The first-order valence-corrected chi connectivity index (χ1v) is 18.4. The average Bonchev–Trinajstić information content (AvgIpc) is 2.98. The number of carbonyl (C=O) groups is 3. The molecule has 0 heterocycles. The Hall–Kier alpha value is -1.89. The first kappa shape index (κ1) is 42.1. The van der Waals surface area contributed by atoms with Crippen molar-refractivity contribution >= 4 is 17.9 Å². The zero-order chi connectivity index (χ0) is 33.1. The van der Waals surface area contributed by atoms with Gasteiger partial charge in [-0.15, -0.1) is 0 Å². The second-order valence-electron chi connectivity index (χ2n) is 13.0. The average molecular weight is 625 g/mol. The molecular formula is C37H70NO6+. The summed E-state index contributed by atoms with van der Waals surface area (Å²) < 4.78 is -0.380. The smallest absolute Gasteiger partial charge is 0.362 e. The lowest BCUT2D eigenvalue weighted by Gasteiger charge is -2.50. The summed E-state index contributed by atoms with van der Waals surface area (Å²) in [5, 5.41) is 30.9. The third-order valence-corrected chi connectivity index (χ3v) is 9.34. The minimum Gasteiger partial charge on any atom is -0.477 e. The van der Waals surface area contributed by atoms with Gasteiger partial charge in [-0.1, -0.05) is 117 Å². The second-order valence-corrected chi connectivity index (χ2v) is 13.0. The van der Waals surface area contributed by atoms with Gasteiger partial charge in [0.25, 0.3) is 0 Å². The maximum absolute atomic E-state index is 12.6. The highest BCUT2D eigenvalue weighted by atomic mass is 16.4. The number of carboxylic acid groups (broad SMARTS) is 3. The summed E-state index contributed by atoms with van der Waals surface area (Å²) in [6.45, 7) is 8.16. The minimum absolute atomic E-state index is 0.264. The fraction of sp³-hybridized carbons (Fsp3) is 0.865.